The third kappa shape index (κ3) is 4.16. The Kier molecular flexibility index (Phi) is 4.54. The Morgan fingerprint density at radius 1 is 1.35 bits per heavy atom. The Morgan fingerprint density at radius 3 is 2.74 bits per heavy atom. The first kappa shape index (κ1) is 16.6. The van der Waals surface area contributed by atoms with E-state index < -0.39 is 9.84 Å². The minimum Gasteiger partial charge on any atom is -0.467 e. The number of amides is 1. The summed E-state index contributed by atoms with van der Waals surface area (Å²) < 4.78 is 28.8. The molecule has 1 aromatic heterocycles. The van der Waals surface area contributed by atoms with Gasteiger partial charge >= 0.3 is 0 Å². The van der Waals surface area contributed by atoms with Crippen LogP contribution in [0.4, 0.5) is 0 Å². The van der Waals surface area contributed by atoms with Crippen molar-refractivity contribution in [2.75, 3.05) is 18.6 Å². The molecule has 23 heavy (non-hydrogen) atoms. The Bertz CT molecular complexity index is 646. The van der Waals surface area contributed by atoms with E-state index in [9.17, 15) is 13.2 Å². The van der Waals surface area contributed by atoms with Crippen LogP contribution in [0.5, 0.6) is 0 Å². The highest BCUT2D eigenvalue weighted by Gasteiger charge is 2.48. The molecule has 6 heteroatoms. The predicted molar refractivity (Wildman–Crippen MR) is 87.6 cm³/mol. The minimum atomic E-state index is -3.05. The summed E-state index contributed by atoms with van der Waals surface area (Å²) in [6, 6.07) is 3.78. The zero-order chi connectivity index (χ0) is 16.5. The molecule has 1 aliphatic carbocycles. The molecule has 0 aromatic carbocycles. The topological polar surface area (TPSA) is 67.6 Å². The largest absolute Gasteiger partial charge is 0.467 e. The Labute approximate surface area is 138 Å². The van der Waals surface area contributed by atoms with Crippen LogP contribution in [0.25, 0.3) is 0 Å². The van der Waals surface area contributed by atoms with Gasteiger partial charge in [-0.1, -0.05) is 12.8 Å². The van der Waals surface area contributed by atoms with Crippen molar-refractivity contribution in [3.63, 3.8) is 0 Å². The molecule has 5 nitrogen and oxygen atoms in total. The molecule has 0 N–H and O–H groups in total. The van der Waals surface area contributed by atoms with E-state index in [4.69, 9.17) is 4.42 Å². The third-order valence-electron chi connectivity index (χ3n) is 5.00. The number of carbonyl (C=O) groups is 1. The molecule has 0 unspecified atom stereocenters. The van der Waals surface area contributed by atoms with Gasteiger partial charge in [-0.2, -0.15) is 0 Å². The minimum absolute atomic E-state index is 0.00552. The van der Waals surface area contributed by atoms with Crippen molar-refractivity contribution >= 4 is 15.7 Å². The molecule has 0 radical (unpaired) electrons. The van der Waals surface area contributed by atoms with Gasteiger partial charge in [-0.15, -0.1) is 0 Å². The smallest absolute Gasteiger partial charge is 0.223 e. The average molecular weight is 339 g/mol. The SMILES string of the molecule is CS(=O)(=O)CC1(CC(=O)N2CCCCC[C@@H]2c2ccco2)CC1. The molecule has 2 heterocycles. The summed E-state index contributed by atoms with van der Waals surface area (Å²) in [5, 5.41) is 0. The number of likely N-dealkylation sites (tertiary alicyclic amines) is 1. The lowest BCUT2D eigenvalue weighted by molar-refractivity contribution is -0.135. The summed E-state index contributed by atoms with van der Waals surface area (Å²) in [6.45, 7) is 0.735. The summed E-state index contributed by atoms with van der Waals surface area (Å²) in [4.78, 5) is 14.8. The molecule has 1 saturated heterocycles. The van der Waals surface area contributed by atoms with Crippen LogP contribution in [-0.4, -0.2) is 37.8 Å². The Balaban J connectivity index is 1.73. The van der Waals surface area contributed by atoms with Crippen molar-refractivity contribution < 1.29 is 17.6 Å². The molecule has 1 saturated carbocycles. The zero-order valence-electron chi connectivity index (χ0n) is 13.7. The van der Waals surface area contributed by atoms with Gasteiger partial charge in [-0.05, 0) is 43.2 Å². The van der Waals surface area contributed by atoms with Gasteiger partial charge in [0.25, 0.3) is 0 Å². The second-order valence-corrected chi connectivity index (χ2v) is 9.35. The van der Waals surface area contributed by atoms with E-state index in [-0.39, 0.29) is 23.1 Å². The lowest BCUT2D eigenvalue weighted by Gasteiger charge is -2.30. The molecule has 1 aromatic rings. The fourth-order valence-corrected chi connectivity index (χ4v) is 5.21. The predicted octanol–water partition coefficient (Wildman–Crippen LogP) is 2.94. The van der Waals surface area contributed by atoms with Gasteiger partial charge in [-0.25, -0.2) is 8.42 Å². The van der Waals surface area contributed by atoms with E-state index >= 15 is 0 Å². The molecular formula is C17H25NO4S. The normalized spacial score (nSPS) is 24.2. The van der Waals surface area contributed by atoms with Crippen LogP contribution in [0, 0.1) is 5.41 Å². The summed E-state index contributed by atoms with van der Waals surface area (Å²) >= 11 is 0. The van der Waals surface area contributed by atoms with Crippen LogP contribution in [0.1, 0.15) is 56.7 Å². The van der Waals surface area contributed by atoms with Gasteiger partial charge < -0.3 is 9.32 Å². The summed E-state index contributed by atoms with van der Waals surface area (Å²) in [5.41, 5.74) is -0.315. The third-order valence-corrected chi connectivity index (χ3v) is 6.13. The number of hydrogen-bond donors (Lipinski definition) is 0. The number of rotatable bonds is 5. The molecule has 0 spiro atoms. The van der Waals surface area contributed by atoms with E-state index in [1.165, 1.54) is 6.26 Å². The van der Waals surface area contributed by atoms with Crippen LogP contribution in [-0.2, 0) is 14.6 Å². The molecule has 0 bridgehead atoms. The second-order valence-electron chi connectivity index (χ2n) is 7.21. The maximum absolute atomic E-state index is 12.9. The Hall–Kier alpha value is -1.30. The highest BCUT2D eigenvalue weighted by molar-refractivity contribution is 7.90. The maximum Gasteiger partial charge on any atom is 0.223 e. The highest BCUT2D eigenvalue weighted by atomic mass is 32.2. The van der Waals surface area contributed by atoms with Gasteiger partial charge in [0.1, 0.15) is 15.6 Å². The van der Waals surface area contributed by atoms with Crippen molar-refractivity contribution in [2.24, 2.45) is 5.41 Å². The molecule has 128 valence electrons. The van der Waals surface area contributed by atoms with Crippen LogP contribution in [0.15, 0.2) is 22.8 Å². The number of sulfone groups is 1. The first-order valence-electron chi connectivity index (χ1n) is 8.39. The van der Waals surface area contributed by atoms with Gasteiger partial charge in [0.15, 0.2) is 0 Å². The number of nitrogens with zero attached hydrogens (tertiary/aromatic N) is 1. The molecule has 2 fully saturated rings. The van der Waals surface area contributed by atoms with Crippen LogP contribution in [0.3, 0.4) is 0 Å². The lowest BCUT2D eigenvalue weighted by Crippen LogP contribution is -2.37. The number of hydrogen-bond acceptors (Lipinski definition) is 4. The van der Waals surface area contributed by atoms with Crippen LogP contribution < -0.4 is 0 Å². The van der Waals surface area contributed by atoms with E-state index in [0.717, 1.165) is 50.8 Å². The number of furan rings is 1. The quantitative estimate of drug-likeness (QED) is 0.827. The maximum atomic E-state index is 12.9. The molecular weight excluding hydrogens is 314 g/mol. The monoisotopic (exact) mass is 339 g/mol. The van der Waals surface area contributed by atoms with E-state index in [1.54, 1.807) is 6.26 Å². The van der Waals surface area contributed by atoms with Crippen LogP contribution in [0.2, 0.25) is 0 Å². The summed E-state index contributed by atoms with van der Waals surface area (Å²) in [5.74, 6) is 1.05. The van der Waals surface area contributed by atoms with Crippen molar-refractivity contribution in [3.05, 3.63) is 24.2 Å². The van der Waals surface area contributed by atoms with E-state index in [1.807, 2.05) is 17.0 Å². The second kappa shape index (κ2) is 6.30. The van der Waals surface area contributed by atoms with Gasteiger partial charge in [0.2, 0.25) is 5.91 Å². The van der Waals surface area contributed by atoms with Gasteiger partial charge in [-0.3, -0.25) is 4.79 Å². The van der Waals surface area contributed by atoms with Crippen molar-refractivity contribution in [1.82, 2.24) is 4.90 Å². The first-order valence-corrected chi connectivity index (χ1v) is 10.5. The molecule has 3 rings (SSSR count). The van der Waals surface area contributed by atoms with Crippen molar-refractivity contribution in [2.45, 2.75) is 51.0 Å². The Morgan fingerprint density at radius 2 is 2.13 bits per heavy atom. The van der Waals surface area contributed by atoms with Crippen molar-refractivity contribution in [3.8, 4) is 0 Å². The van der Waals surface area contributed by atoms with Gasteiger partial charge in [0.05, 0.1) is 18.1 Å². The van der Waals surface area contributed by atoms with E-state index in [2.05, 4.69) is 0 Å². The van der Waals surface area contributed by atoms with Crippen LogP contribution >= 0.6 is 0 Å². The number of carbonyl (C=O) groups excluding carboxylic acids is 1. The summed E-state index contributed by atoms with van der Waals surface area (Å²) in [7, 11) is -3.05. The van der Waals surface area contributed by atoms with Gasteiger partial charge in [0, 0.05) is 19.2 Å². The molecule has 1 amide bonds. The molecule has 1 atom stereocenters. The van der Waals surface area contributed by atoms with E-state index in [0.29, 0.717) is 6.42 Å². The standard InChI is InChI=1S/C17H25NO4S/c1-23(20,21)13-17(8-9-17)12-16(19)18-10-4-2-3-6-14(18)15-7-5-11-22-15/h5,7,11,14H,2-4,6,8-10,12-13H2,1H3/t14-/m1/s1. The zero-order valence-corrected chi connectivity index (χ0v) is 14.5. The van der Waals surface area contributed by atoms with Crippen molar-refractivity contribution in [1.29, 1.82) is 0 Å². The summed E-state index contributed by atoms with van der Waals surface area (Å²) in [6.07, 6.45) is 9.05. The lowest BCUT2D eigenvalue weighted by atomic mass is 10.0. The molecule has 1 aliphatic heterocycles. The average Bonchev–Trinajstić information content (AvgIpc) is 3.05. The first-order chi connectivity index (χ1) is 10.9. The fraction of sp³-hybridized carbons (Fsp3) is 0.706. The highest BCUT2D eigenvalue weighted by Crippen LogP contribution is 2.50. The fourth-order valence-electron chi connectivity index (χ4n) is 3.71. The molecule has 2 aliphatic rings.